The number of carbonyl (C=O) groups is 1. The second-order valence-electron chi connectivity index (χ2n) is 10.6. The van der Waals surface area contributed by atoms with Crippen molar-refractivity contribution in [2.24, 2.45) is 0 Å². The van der Waals surface area contributed by atoms with Crippen LogP contribution < -0.4 is 4.74 Å². The molecular weight excluding hydrogens is 458 g/mol. The highest BCUT2D eigenvalue weighted by atomic mass is 16.5. The van der Waals surface area contributed by atoms with E-state index in [0.29, 0.717) is 35.7 Å². The van der Waals surface area contributed by atoms with Crippen LogP contribution in [-0.2, 0) is 16.6 Å². The van der Waals surface area contributed by atoms with Gasteiger partial charge in [0.2, 0.25) is 5.88 Å². The van der Waals surface area contributed by atoms with Crippen molar-refractivity contribution in [1.29, 1.82) is 0 Å². The molecule has 0 radical (unpaired) electrons. The number of ether oxygens (including phenoxy) is 1. The van der Waals surface area contributed by atoms with Crippen LogP contribution in [0.25, 0.3) is 17.3 Å². The molecule has 6 rings (SSSR count). The zero-order valence-corrected chi connectivity index (χ0v) is 21.2. The number of aromatic nitrogens is 6. The van der Waals surface area contributed by atoms with Gasteiger partial charge in [-0.25, -0.2) is 9.67 Å². The third kappa shape index (κ3) is 3.91. The first kappa shape index (κ1) is 23.3. The molecule has 190 valence electrons. The van der Waals surface area contributed by atoms with Gasteiger partial charge in [-0.15, -0.1) is 5.10 Å². The number of aryl methyl sites for hydroxylation is 1. The molecule has 3 aromatic rings. The minimum Gasteiger partial charge on any atom is -0.473 e. The predicted molar refractivity (Wildman–Crippen MR) is 131 cm³/mol. The molecular formula is C26H33N7O3. The smallest absolute Gasteiger partial charge is 0.219 e. The van der Waals surface area contributed by atoms with E-state index in [4.69, 9.17) is 19.2 Å². The molecule has 1 aliphatic heterocycles. The Hall–Kier alpha value is -3.14. The molecule has 36 heavy (non-hydrogen) atoms. The van der Waals surface area contributed by atoms with Crippen molar-refractivity contribution in [3.05, 3.63) is 29.3 Å². The van der Waals surface area contributed by atoms with Crippen molar-refractivity contribution in [2.75, 3.05) is 13.6 Å². The lowest BCUT2D eigenvalue weighted by Crippen LogP contribution is -2.41. The van der Waals surface area contributed by atoms with Crippen LogP contribution in [0.2, 0.25) is 0 Å². The lowest BCUT2D eigenvalue weighted by molar-refractivity contribution is -0.128. The van der Waals surface area contributed by atoms with Crippen LogP contribution in [0.15, 0.2) is 16.8 Å². The summed E-state index contributed by atoms with van der Waals surface area (Å²) in [7, 11) is 2.14. The van der Waals surface area contributed by atoms with E-state index in [1.165, 1.54) is 6.42 Å². The number of ketones is 1. The van der Waals surface area contributed by atoms with Gasteiger partial charge in [0.05, 0.1) is 17.3 Å². The van der Waals surface area contributed by atoms with Crippen LogP contribution in [0.5, 0.6) is 5.88 Å². The van der Waals surface area contributed by atoms with Gasteiger partial charge in [-0.2, -0.15) is 4.98 Å². The molecule has 2 fully saturated rings. The van der Waals surface area contributed by atoms with Crippen molar-refractivity contribution in [1.82, 2.24) is 35.0 Å². The average Bonchev–Trinajstić information content (AvgIpc) is 3.61. The second kappa shape index (κ2) is 9.06. The zero-order valence-electron chi connectivity index (χ0n) is 21.2. The van der Waals surface area contributed by atoms with E-state index in [2.05, 4.69) is 34.3 Å². The standard InChI is InChI=1S/C26H33N7O3/c1-16-15-33(31-29-16)21-14-22(35-17(2)19-9-7-13-32(19)3)28-25(27-21)23-18-8-6-12-26(24(18)36-30-23)11-5-4-10-20(26)34/h14-15,17,19H,4-13H2,1-3H3/t17-,19-,26+/m0/s1. The highest BCUT2D eigenvalue weighted by molar-refractivity contribution is 5.91. The highest BCUT2D eigenvalue weighted by Crippen LogP contribution is 2.47. The minimum absolute atomic E-state index is 0.0417. The molecule has 3 atom stereocenters. The van der Waals surface area contributed by atoms with Gasteiger partial charge in [0.25, 0.3) is 0 Å². The van der Waals surface area contributed by atoms with E-state index in [1.807, 2.05) is 13.1 Å². The van der Waals surface area contributed by atoms with E-state index in [0.717, 1.165) is 68.5 Å². The summed E-state index contributed by atoms with van der Waals surface area (Å²) in [5.41, 5.74) is 1.79. The SMILES string of the molecule is Cc1cn(-c2cc(O[C@@H](C)[C@@H]3CCCN3C)nc(-c3noc4c3CCC[C@@]43CCCCC3=O)n2)nn1. The monoisotopic (exact) mass is 491 g/mol. The Morgan fingerprint density at radius 3 is 2.78 bits per heavy atom. The summed E-state index contributed by atoms with van der Waals surface area (Å²) in [6.07, 6.45) is 9.99. The molecule has 1 spiro atoms. The van der Waals surface area contributed by atoms with Crippen LogP contribution in [-0.4, -0.2) is 66.5 Å². The fourth-order valence-electron chi connectivity index (χ4n) is 6.32. The Kier molecular flexibility index (Phi) is 5.86. The van der Waals surface area contributed by atoms with Crippen molar-refractivity contribution in [2.45, 2.75) is 89.2 Å². The molecule has 10 heteroatoms. The fraction of sp³-hybridized carbons (Fsp3) is 0.615. The maximum Gasteiger partial charge on any atom is 0.219 e. The van der Waals surface area contributed by atoms with Crippen molar-refractivity contribution >= 4 is 5.78 Å². The maximum absolute atomic E-state index is 13.1. The normalized spacial score (nSPS) is 25.3. The number of rotatable bonds is 5. The Labute approximate surface area is 210 Å². The topological polar surface area (TPSA) is 112 Å². The number of hydrogen-bond donors (Lipinski definition) is 0. The van der Waals surface area contributed by atoms with Gasteiger partial charge in [0.1, 0.15) is 11.9 Å². The van der Waals surface area contributed by atoms with Gasteiger partial charge in [0.15, 0.2) is 23.1 Å². The van der Waals surface area contributed by atoms with E-state index in [-0.39, 0.29) is 11.9 Å². The van der Waals surface area contributed by atoms with Gasteiger partial charge >= 0.3 is 0 Å². The summed E-state index contributed by atoms with van der Waals surface area (Å²) in [5, 5.41) is 12.8. The molecule has 2 aliphatic carbocycles. The summed E-state index contributed by atoms with van der Waals surface area (Å²) in [6.45, 7) is 5.04. The molecule has 0 unspecified atom stereocenters. The minimum atomic E-state index is -0.543. The van der Waals surface area contributed by atoms with E-state index in [1.54, 1.807) is 10.7 Å². The van der Waals surface area contributed by atoms with Crippen molar-refractivity contribution in [3.8, 4) is 23.2 Å². The summed E-state index contributed by atoms with van der Waals surface area (Å²) >= 11 is 0. The van der Waals surface area contributed by atoms with E-state index < -0.39 is 5.41 Å². The van der Waals surface area contributed by atoms with Gasteiger partial charge < -0.3 is 9.26 Å². The van der Waals surface area contributed by atoms with Crippen LogP contribution in [0, 0.1) is 6.92 Å². The van der Waals surface area contributed by atoms with Crippen LogP contribution in [0.3, 0.4) is 0 Å². The first-order valence-corrected chi connectivity index (χ1v) is 13.1. The molecule has 10 nitrogen and oxygen atoms in total. The third-order valence-corrected chi connectivity index (χ3v) is 8.21. The Balaban J connectivity index is 1.41. The largest absolute Gasteiger partial charge is 0.473 e. The molecule has 0 N–H and O–H groups in total. The quantitative estimate of drug-likeness (QED) is 0.528. The molecule has 0 bridgehead atoms. The molecule has 1 saturated heterocycles. The third-order valence-electron chi connectivity index (χ3n) is 8.21. The number of carbonyl (C=O) groups excluding carboxylic acids is 1. The molecule has 4 heterocycles. The van der Waals surface area contributed by atoms with Crippen molar-refractivity contribution < 1.29 is 14.1 Å². The molecule has 0 aromatic carbocycles. The van der Waals surface area contributed by atoms with Crippen LogP contribution in [0.4, 0.5) is 0 Å². The van der Waals surface area contributed by atoms with Crippen LogP contribution >= 0.6 is 0 Å². The van der Waals surface area contributed by atoms with Gasteiger partial charge in [-0.3, -0.25) is 9.69 Å². The molecule has 1 saturated carbocycles. The number of Topliss-reactive ketones (excluding diaryl/α,β-unsaturated/α-hetero) is 1. The zero-order chi connectivity index (χ0) is 24.9. The fourth-order valence-corrected chi connectivity index (χ4v) is 6.32. The van der Waals surface area contributed by atoms with E-state index in [9.17, 15) is 4.79 Å². The maximum atomic E-state index is 13.1. The van der Waals surface area contributed by atoms with Gasteiger partial charge in [-0.1, -0.05) is 16.8 Å². The number of likely N-dealkylation sites (tertiary alicyclic amines) is 1. The molecule has 3 aliphatic rings. The number of likely N-dealkylation sites (N-methyl/N-ethyl adjacent to an activating group) is 1. The first-order chi connectivity index (χ1) is 17.4. The molecule has 3 aromatic heterocycles. The summed E-state index contributed by atoms with van der Waals surface area (Å²) in [5.74, 6) is 2.45. The van der Waals surface area contributed by atoms with Crippen LogP contribution in [0.1, 0.15) is 75.3 Å². The lowest BCUT2D eigenvalue weighted by Gasteiger charge is -2.36. The first-order valence-electron chi connectivity index (χ1n) is 13.1. The number of fused-ring (bicyclic) bond motifs is 2. The summed E-state index contributed by atoms with van der Waals surface area (Å²) < 4.78 is 13.9. The van der Waals surface area contributed by atoms with Crippen molar-refractivity contribution in [3.63, 3.8) is 0 Å². The number of hydrogen-bond acceptors (Lipinski definition) is 9. The highest BCUT2D eigenvalue weighted by Gasteiger charge is 2.48. The van der Waals surface area contributed by atoms with E-state index >= 15 is 0 Å². The molecule has 0 amide bonds. The lowest BCUT2D eigenvalue weighted by atomic mass is 9.64. The van der Waals surface area contributed by atoms with Gasteiger partial charge in [0, 0.05) is 24.1 Å². The Bertz CT molecular complexity index is 1280. The van der Waals surface area contributed by atoms with Gasteiger partial charge in [-0.05, 0) is 72.4 Å². The second-order valence-corrected chi connectivity index (χ2v) is 10.6. The summed E-state index contributed by atoms with van der Waals surface area (Å²) in [6, 6.07) is 2.12. The summed E-state index contributed by atoms with van der Waals surface area (Å²) in [4.78, 5) is 25.0. The predicted octanol–water partition coefficient (Wildman–Crippen LogP) is 3.60. The Morgan fingerprint density at radius 1 is 1.17 bits per heavy atom. The Morgan fingerprint density at radius 2 is 2.03 bits per heavy atom. The average molecular weight is 492 g/mol. The number of nitrogens with zero attached hydrogens (tertiary/aromatic N) is 7.